The minimum atomic E-state index is -0.924. The molecule has 0 aliphatic carbocycles. The molecule has 0 unspecified atom stereocenters. The summed E-state index contributed by atoms with van der Waals surface area (Å²) in [5.41, 5.74) is 5.19. The van der Waals surface area contributed by atoms with E-state index < -0.39 is 23.9 Å². The fraction of sp³-hybridized carbons (Fsp3) is 0.318. The van der Waals surface area contributed by atoms with Crippen LogP contribution in [0.25, 0.3) is 0 Å². The summed E-state index contributed by atoms with van der Waals surface area (Å²) < 4.78 is 0. The first-order valence-electron chi connectivity index (χ1n) is 9.76. The molecule has 8 nitrogen and oxygen atoms in total. The Kier molecular flexibility index (Phi) is 4.85. The zero-order chi connectivity index (χ0) is 21.6. The number of nitrogens with zero attached hydrogens (tertiary/aromatic N) is 4. The Morgan fingerprint density at radius 2 is 1.67 bits per heavy atom. The second-order valence-corrected chi connectivity index (χ2v) is 7.79. The summed E-state index contributed by atoms with van der Waals surface area (Å²) in [6, 6.07) is 9.34. The normalized spacial score (nSPS) is 20.1. The first-order valence-corrected chi connectivity index (χ1v) is 9.76. The van der Waals surface area contributed by atoms with Crippen LogP contribution in [-0.2, 0) is 14.4 Å². The van der Waals surface area contributed by atoms with Crippen LogP contribution >= 0.6 is 0 Å². The molecule has 2 aliphatic heterocycles. The molecular weight excluding hydrogens is 382 g/mol. The molecule has 2 aromatic rings. The Bertz CT molecular complexity index is 1070. The smallest absolute Gasteiger partial charge is 0.263 e. The monoisotopic (exact) mass is 405 g/mol. The highest BCUT2D eigenvalue weighted by Gasteiger charge is 2.55. The molecule has 2 atom stereocenters. The number of rotatable bonds is 4. The van der Waals surface area contributed by atoms with Crippen molar-refractivity contribution in [2.45, 2.75) is 39.8 Å². The van der Waals surface area contributed by atoms with Crippen LogP contribution in [0.3, 0.4) is 0 Å². The van der Waals surface area contributed by atoms with Gasteiger partial charge in [0.15, 0.2) is 12.1 Å². The number of fused-ring (bicyclic) bond motifs is 1. The Morgan fingerprint density at radius 3 is 2.33 bits per heavy atom. The van der Waals surface area contributed by atoms with Gasteiger partial charge in [0.25, 0.3) is 11.8 Å². The molecule has 3 amide bonds. The van der Waals surface area contributed by atoms with E-state index in [-0.39, 0.29) is 12.5 Å². The van der Waals surface area contributed by atoms with Crippen LogP contribution in [0.15, 0.2) is 46.7 Å². The predicted octanol–water partition coefficient (Wildman–Crippen LogP) is 2.85. The van der Waals surface area contributed by atoms with E-state index >= 15 is 0 Å². The summed E-state index contributed by atoms with van der Waals surface area (Å²) in [6.45, 7) is 7.54. The zero-order valence-corrected chi connectivity index (χ0v) is 17.3. The molecular formula is C22H23N5O3. The molecule has 0 aromatic heterocycles. The third-order valence-corrected chi connectivity index (χ3v) is 5.66. The molecule has 2 aliphatic rings. The van der Waals surface area contributed by atoms with Crippen molar-refractivity contribution in [3.63, 3.8) is 0 Å². The number of nitrogens with one attached hydrogen (secondary N) is 1. The molecule has 1 saturated heterocycles. The standard InChI is InChI=1S/C22H23N5O3/c1-12-8-9-16(10-15(12)4)27-21(29)19-20(22(27)30)26(25-24-19)11-17(28)23-18-13(2)6-5-7-14(18)3/h5-10,19-20H,11H2,1-4H3,(H,23,28)/t19-,20+/m0/s1. The maximum absolute atomic E-state index is 13.1. The number of amides is 3. The third kappa shape index (κ3) is 3.24. The van der Waals surface area contributed by atoms with E-state index in [1.54, 1.807) is 12.1 Å². The van der Waals surface area contributed by atoms with Crippen molar-refractivity contribution < 1.29 is 14.4 Å². The Morgan fingerprint density at radius 1 is 0.967 bits per heavy atom. The molecule has 0 spiro atoms. The second kappa shape index (κ2) is 7.37. The number of anilines is 2. The zero-order valence-electron chi connectivity index (χ0n) is 17.3. The van der Waals surface area contributed by atoms with Crippen LogP contribution in [0, 0.1) is 27.7 Å². The molecule has 30 heavy (non-hydrogen) atoms. The summed E-state index contributed by atoms with van der Waals surface area (Å²) in [7, 11) is 0. The maximum Gasteiger partial charge on any atom is 0.263 e. The Hall–Kier alpha value is -3.55. The number of carbonyl (C=O) groups is 3. The molecule has 8 heteroatoms. The average molecular weight is 405 g/mol. The topological polar surface area (TPSA) is 94.4 Å². The van der Waals surface area contributed by atoms with Gasteiger partial charge in [-0.2, -0.15) is 5.11 Å². The third-order valence-electron chi connectivity index (χ3n) is 5.66. The largest absolute Gasteiger partial charge is 0.324 e. The molecule has 1 N–H and O–H groups in total. The second-order valence-electron chi connectivity index (χ2n) is 7.79. The van der Waals surface area contributed by atoms with E-state index in [0.717, 1.165) is 32.8 Å². The van der Waals surface area contributed by atoms with Gasteiger partial charge in [0.05, 0.1) is 5.69 Å². The van der Waals surface area contributed by atoms with Crippen molar-refractivity contribution in [1.29, 1.82) is 0 Å². The highest BCUT2D eigenvalue weighted by atomic mass is 16.2. The van der Waals surface area contributed by atoms with Crippen LogP contribution in [0.4, 0.5) is 11.4 Å². The minimum Gasteiger partial charge on any atom is -0.324 e. The summed E-state index contributed by atoms with van der Waals surface area (Å²) in [6.07, 6.45) is 0. The van der Waals surface area contributed by atoms with E-state index in [9.17, 15) is 14.4 Å². The van der Waals surface area contributed by atoms with Gasteiger partial charge in [0, 0.05) is 5.69 Å². The van der Waals surface area contributed by atoms with Crippen molar-refractivity contribution in [2.24, 2.45) is 10.3 Å². The Labute approximate surface area is 174 Å². The van der Waals surface area contributed by atoms with Crippen LogP contribution < -0.4 is 10.2 Å². The molecule has 4 rings (SSSR count). The number of carbonyl (C=O) groups excluding carboxylic acids is 3. The minimum absolute atomic E-state index is 0.168. The fourth-order valence-electron chi connectivity index (χ4n) is 3.81. The van der Waals surface area contributed by atoms with Crippen molar-refractivity contribution in [3.8, 4) is 0 Å². The fourth-order valence-corrected chi connectivity index (χ4v) is 3.81. The van der Waals surface area contributed by atoms with Gasteiger partial charge in [-0.3, -0.25) is 19.4 Å². The van der Waals surface area contributed by atoms with Crippen molar-refractivity contribution >= 4 is 29.1 Å². The molecule has 0 radical (unpaired) electrons. The van der Waals surface area contributed by atoms with Gasteiger partial charge in [-0.1, -0.05) is 29.5 Å². The molecule has 1 fully saturated rings. The maximum atomic E-state index is 13.1. The van der Waals surface area contributed by atoms with E-state index in [4.69, 9.17) is 0 Å². The first-order chi connectivity index (χ1) is 14.3. The molecule has 2 aromatic carbocycles. The molecule has 154 valence electrons. The van der Waals surface area contributed by atoms with Crippen LogP contribution in [0.5, 0.6) is 0 Å². The van der Waals surface area contributed by atoms with Crippen LogP contribution in [0.2, 0.25) is 0 Å². The van der Waals surface area contributed by atoms with Crippen molar-refractivity contribution in [3.05, 3.63) is 58.7 Å². The highest BCUT2D eigenvalue weighted by molar-refractivity contribution is 6.25. The molecule has 0 saturated carbocycles. The molecule has 0 bridgehead atoms. The first kappa shape index (κ1) is 19.8. The number of benzene rings is 2. The lowest BCUT2D eigenvalue weighted by Crippen LogP contribution is -2.43. The van der Waals surface area contributed by atoms with Crippen LogP contribution in [0.1, 0.15) is 22.3 Å². The van der Waals surface area contributed by atoms with E-state index in [1.807, 2.05) is 52.0 Å². The summed E-state index contributed by atoms with van der Waals surface area (Å²) in [5, 5.41) is 12.1. The number of hydrogen-bond donors (Lipinski definition) is 1. The van der Waals surface area contributed by atoms with Gasteiger partial charge in [-0.25, -0.2) is 4.90 Å². The summed E-state index contributed by atoms with van der Waals surface area (Å²) >= 11 is 0. The van der Waals surface area contributed by atoms with Gasteiger partial charge >= 0.3 is 0 Å². The number of para-hydroxylation sites is 1. The number of imide groups is 1. The lowest BCUT2D eigenvalue weighted by molar-refractivity contribution is -0.123. The Balaban J connectivity index is 1.52. The lowest BCUT2D eigenvalue weighted by atomic mass is 10.1. The van der Waals surface area contributed by atoms with Gasteiger partial charge in [-0.05, 0) is 62.1 Å². The van der Waals surface area contributed by atoms with E-state index in [2.05, 4.69) is 15.7 Å². The van der Waals surface area contributed by atoms with Crippen molar-refractivity contribution in [1.82, 2.24) is 5.01 Å². The number of hydrogen-bond acceptors (Lipinski definition) is 6. The predicted molar refractivity (Wildman–Crippen MR) is 112 cm³/mol. The van der Waals surface area contributed by atoms with E-state index in [1.165, 1.54) is 5.01 Å². The lowest BCUT2D eigenvalue weighted by Gasteiger charge is -2.21. The van der Waals surface area contributed by atoms with Crippen molar-refractivity contribution in [2.75, 3.05) is 16.8 Å². The quantitative estimate of drug-likeness (QED) is 0.792. The van der Waals surface area contributed by atoms with Gasteiger partial charge < -0.3 is 5.32 Å². The van der Waals surface area contributed by atoms with E-state index in [0.29, 0.717) is 5.69 Å². The van der Waals surface area contributed by atoms with Gasteiger partial charge in [0.2, 0.25) is 5.91 Å². The van der Waals surface area contributed by atoms with Gasteiger partial charge in [0.1, 0.15) is 6.54 Å². The number of aryl methyl sites for hydroxylation is 4. The summed E-state index contributed by atoms with van der Waals surface area (Å²) in [5.74, 6) is -1.16. The average Bonchev–Trinajstić information content (AvgIpc) is 3.21. The molecule has 2 heterocycles. The summed E-state index contributed by atoms with van der Waals surface area (Å²) in [4.78, 5) is 39.7. The van der Waals surface area contributed by atoms with Gasteiger partial charge in [-0.15, -0.1) is 0 Å². The SMILES string of the molecule is Cc1ccc(N2C(=O)[C@H]3N=NN(CC(=O)Nc4c(C)cccc4C)[C@H]3C2=O)cc1C. The highest BCUT2D eigenvalue weighted by Crippen LogP contribution is 2.32. The van der Waals surface area contributed by atoms with Crippen LogP contribution in [-0.4, -0.2) is 41.4 Å².